The van der Waals surface area contributed by atoms with Crippen molar-refractivity contribution in [3.8, 4) is 0 Å². The molecule has 2 aromatic heterocycles. The molecule has 0 aromatic carbocycles. The first-order valence-electron chi connectivity index (χ1n) is 5.76. The van der Waals surface area contributed by atoms with Crippen LogP contribution in [0.2, 0.25) is 0 Å². The number of nitrogens with two attached hydrogens (primary N) is 1. The van der Waals surface area contributed by atoms with Crippen molar-refractivity contribution in [2.24, 2.45) is 5.84 Å². The van der Waals surface area contributed by atoms with Crippen LogP contribution in [0.3, 0.4) is 0 Å². The fraction of sp³-hybridized carbons (Fsp3) is 0.250. The topological polar surface area (TPSA) is 92.9 Å². The Morgan fingerprint density at radius 1 is 1.42 bits per heavy atom. The fourth-order valence-electron chi connectivity index (χ4n) is 1.54. The van der Waals surface area contributed by atoms with Crippen molar-refractivity contribution in [2.75, 3.05) is 5.43 Å². The third-order valence-corrected chi connectivity index (χ3v) is 3.63. The van der Waals surface area contributed by atoms with E-state index in [1.54, 1.807) is 18.2 Å². The van der Waals surface area contributed by atoms with E-state index in [0.717, 1.165) is 10.7 Å². The van der Waals surface area contributed by atoms with E-state index in [4.69, 9.17) is 5.84 Å². The monoisotopic (exact) mass is 277 g/mol. The Kier molecular flexibility index (Phi) is 4.08. The highest BCUT2D eigenvalue weighted by atomic mass is 32.1. The molecule has 0 saturated heterocycles. The highest BCUT2D eigenvalue weighted by Gasteiger charge is 2.15. The molecule has 0 aliphatic heterocycles. The Morgan fingerprint density at radius 2 is 2.21 bits per heavy atom. The lowest BCUT2D eigenvalue weighted by Gasteiger charge is -2.11. The van der Waals surface area contributed by atoms with Crippen LogP contribution in [-0.2, 0) is 0 Å². The van der Waals surface area contributed by atoms with Crippen molar-refractivity contribution < 1.29 is 4.79 Å². The van der Waals surface area contributed by atoms with Crippen LogP contribution >= 0.6 is 11.3 Å². The summed E-state index contributed by atoms with van der Waals surface area (Å²) in [6, 6.07) is 4.89. The SMILES string of the molecule is Cc1csc(C(C)NC(=O)c2cccc(NN)n2)n1. The van der Waals surface area contributed by atoms with Gasteiger partial charge in [0.25, 0.3) is 5.91 Å². The van der Waals surface area contributed by atoms with Crippen molar-refractivity contribution in [3.63, 3.8) is 0 Å². The van der Waals surface area contributed by atoms with E-state index in [1.165, 1.54) is 11.3 Å². The van der Waals surface area contributed by atoms with E-state index >= 15 is 0 Å². The molecular formula is C12H15N5OS. The molecule has 1 atom stereocenters. The molecular weight excluding hydrogens is 262 g/mol. The zero-order valence-corrected chi connectivity index (χ0v) is 11.5. The van der Waals surface area contributed by atoms with Gasteiger partial charge in [-0.25, -0.2) is 15.8 Å². The quantitative estimate of drug-likeness (QED) is 0.583. The Labute approximate surface area is 115 Å². The van der Waals surface area contributed by atoms with Gasteiger partial charge in [0, 0.05) is 11.1 Å². The minimum Gasteiger partial charge on any atom is -0.342 e. The molecule has 0 saturated carbocycles. The lowest BCUT2D eigenvalue weighted by Crippen LogP contribution is -2.27. The summed E-state index contributed by atoms with van der Waals surface area (Å²) in [6.45, 7) is 3.81. The number of hydrogen-bond acceptors (Lipinski definition) is 6. The predicted octanol–water partition coefficient (Wildman–Crippen LogP) is 1.62. The maximum absolute atomic E-state index is 12.0. The van der Waals surface area contributed by atoms with Gasteiger partial charge in [-0.3, -0.25) is 4.79 Å². The van der Waals surface area contributed by atoms with E-state index < -0.39 is 0 Å². The zero-order valence-electron chi connectivity index (χ0n) is 10.7. The molecule has 0 radical (unpaired) electrons. The summed E-state index contributed by atoms with van der Waals surface area (Å²) in [7, 11) is 0. The number of carbonyl (C=O) groups is 1. The van der Waals surface area contributed by atoms with Gasteiger partial charge < -0.3 is 10.7 Å². The van der Waals surface area contributed by atoms with Gasteiger partial charge in [-0.05, 0) is 26.0 Å². The van der Waals surface area contributed by atoms with Crippen molar-refractivity contribution in [3.05, 3.63) is 40.0 Å². The molecule has 7 heteroatoms. The number of thiazole rings is 1. The lowest BCUT2D eigenvalue weighted by molar-refractivity contribution is 0.0935. The van der Waals surface area contributed by atoms with Crippen LogP contribution in [0.15, 0.2) is 23.6 Å². The minimum atomic E-state index is -0.252. The van der Waals surface area contributed by atoms with Crippen LogP contribution in [0.4, 0.5) is 5.82 Å². The van der Waals surface area contributed by atoms with Crippen molar-refractivity contribution in [1.29, 1.82) is 0 Å². The largest absolute Gasteiger partial charge is 0.342 e. The molecule has 0 aliphatic rings. The number of nitrogens with one attached hydrogen (secondary N) is 2. The van der Waals surface area contributed by atoms with E-state index in [2.05, 4.69) is 20.7 Å². The van der Waals surface area contributed by atoms with E-state index in [9.17, 15) is 4.79 Å². The van der Waals surface area contributed by atoms with Gasteiger partial charge in [0.05, 0.1) is 6.04 Å². The van der Waals surface area contributed by atoms with Gasteiger partial charge in [-0.2, -0.15) is 0 Å². The summed E-state index contributed by atoms with van der Waals surface area (Å²) in [4.78, 5) is 20.5. The summed E-state index contributed by atoms with van der Waals surface area (Å²) in [5.41, 5.74) is 3.68. The Hall–Kier alpha value is -1.99. The summed E-state index contributed by atoms with van der Waals surface area (Å²) < 4.78 is 0. The molecule has 0 bridgehead atoms. The first-order valence-corrected chi connectivity index (χ1v) is 6.64. The highest BCUT2D eigenvalue weighted by Crippen LogP contribution is 2.17. The first kappa shape index (κ1) is 13.4. The third kappa shape index (κ3) is 3.27. The Morgan fingerprint density at radius 3 is 2.84 bits per heavy atom. The van der Waals surface area contributed by atoms with Crippen LogP contribution < -0.4 is 16.6 Å². The molecule has 6 nitrogen and oxygen atoms in total. The smallest absolute Gasteiger partial charge is 0.270 e. The second kappa shape index (κ2) is 5.77. The number of anilines is 1. The average molecular weight is 277 g/mol. The van der Waals surface area contributed by atoms with Crippen LogP contribution in [0, 0.1) is 6.92 Å². The summed E-state index contributed by atoms with van der Waals surface area (Å²) in [5.74, 6) is 5.46. The number of rotatable bonds is 4. The number of nitrogen functional groups attached to an aromatic ring is 1. The molecule has 100 valence electrons. The molecule has 4 N–H and O–H groups in total. The highest BCUT2D eigenvalue weighted by molar-refractivity contribution is 7.09. The summed E-state index contributed by atoms with van der Waals surface area (Å²) >= 11 is 1.52. The molecule has 0 fully saturated rings. The number of hydrazine groups is 1. The standard InChI is InChI=1S/C12H15N5OS/c1-7-6-19-12(14-7)8(2)15-11(18)9-4-3-5-10(16-9)17-13/h3-6,8H,13H2,1-2H3,(H,15,18)(H,16,17). The number of aryl methyl sites for hydroxylation is 1. The molecule has 1 amide bonds. The second-order valence-electron chi connectivity index (χ2n) is 4.07. The predicted molar refractivity (Wildman–Crippen MR) is 74.8 cm³/mol. The molecule has 19 heavy (non-hydrogen) atoms. The number of amides is 1. The van der Waals surface area contributed by atoms with Gasteiger partial charge >= 0.3 is 0 Å². The molecule has 2 heterocycles. The minimum absolute atomic E-state index is 0.150. The Bertz CT molecular complexity index is 583. The van der Waals surface area contributed by atoms with Crippen molar-refractivity contribution in [2.45, 2.75) is 19.9 Å². The number of hydrogen-bond donors (Lipinski definition) is 3. The number of pyridine rings is 1. The fourth-order valence-corrected chi connectivity index (χ4v) is 2.35. The molecule has 2 aromatic rings. The van der Waals surface area contributed by atoms with E-state index in [0.29, 0.717) is 11.5 Å². The van der Waals surface area contributed by atoms with E-state index in [-0.39, 0.29) is 11.9 Å². The number of aromatic nitrogens is 2. The van der Waals surface area contributed by atoms with Crippen LogP contribution in [-0.4, -0.2) is 15.9 Å². The summed E-state index contributed by atoms with van der Waals surface area (Å²) in [6.07, 6.45) is 0. The number of carbonyl (C=O) groups excluding carboxylic acids is 1. The normalized spacial score (nSPS) is 11.9. The van der Waals surface area contributed by atoms with Gasteiger partial charge in [0.2, 0.25) is 0 Å². The van der Waals surface area contributed by atoms with E-state index in [1.807, 2.05) is 19.2 Å². The third-order valence-electron chi connectivity index (χ3n) is 2.48. The molecule has 1 unspecified atom stereocenters. The van der Waals surface area contributed by atoms with Gasteiger partial charge in [0.1, 0.15) is 16.5 Å². The van der Waals surface area contributed by atoms with Gasteiger partial charge in [0.15, 0.2) is 0 Å². The average Bonchev–Trinajstić information content (AvgIpc) is 2.85. The zero-order chi connectivity index (χ0) is 13.8. The van der Waals surface area contributed by atoms with Crippen LogP contribution in [0.25, 0.3) is 0 Å². The second-order valence-corrected chi connectivity index (χ2v) is 4.96. The van der Waals surface area contributed by atoms with Crippen LogP contribution in [0.1, 0.15) is 34.2 Å². The Balaban J connectivity index is 2.08. The van der Waals surface area contributed by atoms with Gasteiger partial charge in [-0.15, -0.1) is 11.3 Å². The summed E-state index contributed by atoms with van der Waals surface area (Å²) in [5, 5.41) is 5.68. The lowest BCUT2D eigenvalue weighted by atomic mass is 10.3. The van der Waals surface area contributed by atoms with Gasteiger partial charge in [-0.1, -0.05) is 6.07 Å². The number of nitrogens with zero attached hydrogens (tertiary/aromatic N) is 2. The van der Waals surface area contributed by atoms with Crippen LogP contribution in [0.5, 0.6) is 0 Å². The molecule has 0 spiro atoms. The van der Waals surface area contributed by atoms with Crippen molar-refractivity contribution in [1.82, 2.24) is 15.3 Å². The van der Waals surface area contributed by atoms with Crippen molar-refractivity contribution >= 4 is 23.1 Å². The molecule has 2 rings (SSSR count). The first-order chi connectivity index (χ1) is 9.10. The maximum atomic E-state index is 12.0. The maximum Gasteiger partial charge on any atom is 0.270 e. The molecule has 0 aliphatic carbocycles.